The van der Waals surface area contributed by atoms with E-state index in [1.165, 1.54) is 17.2 Å². The fraction of sp³-hybridized carbons (Fsp3) is 0.500. The lowest BCUT2D eigenvalue weighted by Gasteiger charge is -2.38. The first kappa shape index (κ1) is 24.1. The minimum absolute atomic E-state index is 0.118. The van der Waals surface area contributed by atoms with Gasteiger partial charge in [-0.2, -0.15) is 23.3 Å². The third kappa shape index (κ3) is 4.17. The van der Waals surface area contributed by atoms with Gasteiger partial charge < -0.3 is 9.64 Å². The van der Waals surface area contributed by atoms with Gasteiger partial charge in [0.25, 0.3) is 6.43 Å². The number of alkyl halides is 5. The van der Waals surface area contributed by atoms with Crippen LogP contribution in [0, 0.1) is 5.41 Å². The Bertz CT molecular complexity index is 1290. The standard InChI is InChI=1S/C22H22F5N7O2/c1-36-19-13(22(25,26)27)2-3-16(31-19)33-9-6-21(20(33)35)4-7-32(8-5-21)17-11-28-14-10-29-34(12-15(23)24)18(14)30-17/h2-3,10-11,15H,4-9,12H2,1H3. The molecule has 3 aromatic heterocycles. The summed E-state index contributed by atoms with van der Waals surface area (Å²) in [6.07, 6.45) is -2.74. The zero-order chi connectivity index (χ0) is 25.7. The fourth-order valence-corrected chi connectivity index (χ4v) is 4.88. The van der Waals surface area contributed by atoms with Crippen LogP contribution < -0.4 is 14.5 Å². The summed E-state index contributed by atoms with van der Waals surface area (Å²) in [7, 11) is 1.10. The number of carbonyl (C=O) groups is 1. The number of anilines is 2. The number of pyridine rings is 1. The lowest BCUT2D eigenvalue weighted by molar-refractivity contribution is -0.139. The zero-order valence-corrected chi connectivity index (χ0v) is 19.2. The molecule has 1 spiro atoms. The van der Waals surface area contributed by atoms with E-state index in [1.54, 1.807) is 6.20 Å². The first-order chi connectivity index (χ1) is 17.1. The van der Waals surface area contributed by atoms with Gasteiger partial charge in [-0.25, -0.2) is 23.4 Å². The van der Waals surface area contributed by atoms with Gasteiger partial charge in [0.15, 0.2) is 5.65 Å². The van der Waals surface area contributed by atoms with Crippen LogP contribution in [-0.2, 0) is 17.5 Å². The molecule has 2 aliphatic rings. The van der Waals surface area contributed by atoms with Crippen molar-refractivity contribution in [1.29, 1.82) is 0 Å². The SMILES string of the molecule is COc1nc(N2CCC3(CCN(c4cnc5cnn(CC(F)F)c5n4)CC3)C2=O)ccc1C(F)(F)F. The predicted octanol–water partition coefficient (Wildman–Crippen LogP) is 3.54. The molecule has 9 nitrogen and oxygen atoms in total. The minimum atomic E-state index is -4.62. The van der Waals surface area contributed by atoms with Crippen molar-refractivity contribution >= 4 is 28.7 Å². The van der Waals surface area contributed by atoms with E-state index in [0.717, 1.165) is 17.9 Å². The summed E-state index contributed by atoms with van der Waals surface area (Å²) in [6, 6.07) is 2.06. The Labute approximate surface area is 201 Å². The van der Waals surface area contributed by atoms with Crippen LogP contribution in [0.15, 0.2) is 24.5 Å². The monoisotopic (exact) mass is 511 g/mol. The van der Waals surface area contributed by atoms with E-state index in [-0.39, 0.29) is 17.4 Å². The van der Waals surface area contributed by atoms with Gasteiger partial charge in [0.05, 0.1) is 24.9 Å². The minimum Gasteiger partial charge on any atom is -0.481 e. The second-order valence-corrected chi connectivity index (χ2v) is 8.85. The molecule has 2 saturated heterocycles. The number of rotatable bonds is 5. The molecular weight excluding hydrogens is 489 g/mol. The van der Waals surface area contributed by atoms with E-state index < -0.39 is 36.0 Å². The van der Waals surface area contributed by atoms with E-state index in [4.69, 9.17) is 4.74 Å². The average Bonchev–Trinajstić information content (AvgIpc) is 3.39. The van der Waals surface area contributed by atoms with E-state index in [9.17, 15) is 26.7 Å². The molecule has 5 rings (SSSR count). The Hall–Kier alpha value is -3.58. The Morgan fingerprint density at radius 1 is 1.06 bits per heavy atom. The van der Waals surface area contributed by atoms with Crippen molar-refractivity contribution < 1.29 is 31.5 Å². The third-order valence-corrected chi connectivity index (χ3v) is 6.82. The van der Waals surface area contributed by atoms with Gasteiger partial charge in [-0.3, -0.25) is 9.69 Å². The highest BCUT2D eigenvalue weighted by Crippen LogP contribution is 2.44. The van der Waals surface area contributed by atoms with Crippen LogP contribution in [0.2, 0.25) is 0 Å². The molecule has 0 aliphatic carbocycles. The number of carbonyl (C=O) groups excluding carboxylic acids is 1. The number of methoxy groups -OCH3 is 1. The van der Waals surface area contributed by atoms with E-state index in [2.05, 4.69) is 20.1 Å². The lowest BCUT2D eigenvalue weighted by Crippen LogP contribution is -2.45. The maximum atomic E-state index is 13.4. The topological polar surface area (TPSA) is 89.3 Å². The highest BCUT2D eigenvalue weighted by molar-refractivity contribution is 5.99. The molecule has 14 heteroatoms. The number of halogens is 5. The number of amides is 1. The van der Waals surface area contributed by atoms with Crippen molar-refractivity contribution in [3.05, 3.63) is 30.1 Å². The van der Waals surface area contributed by atoms with Crippen LogP contribution in [0.4, 0.5) is 33.6 Å². The fourth-order valence-electron chi connectivity index (χ4n) is 4.88. The van der Waals surface area contributed by atoms with Crippen LogP contribution in [-0.4, -0.2) is 63.8 Å². The van der Waals surface area contributed by atoms with Gasteiger partial charge in [0, 0.05) is 19.6 Å². The number of fused-ring (bicyclic) bond motifs is 1. The Morgan fingerprint density at radius 2 is 1.78 bits per heavy atom. The molecule has 36 heavy (non-hydrogen) atoms. The smallest absolute Gasteiger partial charge is 0.421 e. The Balaban J connectivity index is 1.31. The highest BCUT2D eigenvalue weighted by Gasteiger charge is 2.49. The molecular formula is C22H22F5N7O2. The predicted molar refractivity (Wildman–Crippen MR) is 118 cm³/mol. The maximum Gasteiger partial charge on any atom is 0.421 e. The molecule has 3 aromatic rings. The number of piperidine rings is 1. The molecule has 0 N–H and O–H groups in total. The molecule has 192 valence electrons. The summed E-state index contributed by atoms with van der Waals surface area (Å²) in [6.45, 7) is 0.704. The molecule has 5 heterocycles. The number of aromatic nitrogens is 5. The van der Waals surface area contributed by atoms with Crippen molar-refractivity contribution in [2.45, 2.75) is 38.4 Å². The molecule has 0 aromatic carbocycles. The zero-order valence-electron chi connectivity index (χ0n) is 19.2. The summed E-state index contributed by atoms with van der Waals surface area (Å²) in [5.41, 5.74) is -0.993. The number of hydrogen-bond donors (Lipinski definition) is 0. The van der Waals surface area contributed by atoms with Crippen LogP contribution in [0.1, 0.15) is 24.8 Å². The van der Waals surface area contributed by atoms with Crippen molar-refractivity contribution in [3.63, 3.8) is 0 Å². The van der Waals surface area contributed by atoms with E-state index >= 15 is 0 Å². The molecule has 0 radical (unpaired) electrons. The van der Waals surface area contributed by atoms with Gasteiger partial charge >= 0.3 is 6.18 Å². The average molecular weight is 511 g/mol. The summed E-state index contributed by atoms with van der Waals surface area (Å²) in [5.74, 6) is -0.144. The molecule has 0 unspecified atom stereocenters. The first-order valence-electron chi connectivity index (χ1n) is 11.3. The van der Waals surface area contributed by atoms with Crippen molar-refractivity contribution in [2.24, 2.45) is 5.41 Å². The lowest BCUT2D eigenvalue weighted by atomic mass is 9.77. The first-order valence-corrected chi connectivity index (χ1v) is 11.3. The van der Waals surface area contributed by atoms with Crippen molar-refractivity contribution in [3.8, 4) is 5.88 Å². The summed E-state index contributed by atoms with van der Waals surface area (Å²) >= 11 is 0. The van der Waals surface area contributed by atoms with Gasteiger partial charge in [-0.1, -0.05) is 0 Å². The van der Waals surface area contributed by atoms with Crippen LogP contribution in [0.5, 0.6) is 5.88 Å². The second-order valence-electron chi connectivity index (χ2n) is 8.85. The van der Waals surface area contributed by atoms with Crippen LogP contribution in [0.25, 0.3) is 11.2 Å². The van der Waals surface area contributed by atoms with Gasteiger partial charge in [0.1, 0.15) is 29.3 Å². The molecule has 0 bridgehead atoms. The normalized spacial score (nSPS) is 18.1. The van der Waals surface area contributed by atoms with Crippen molar-refractivity contribution in [1.82, 2.24) is 24.7 Å². The number of hydrogen-bond acceptors (Lipinski definition) is 7. The maximum absolute atomic E-state index is 13.4. The Morgan fingerprint density at radius 3 is 2.44 bits per heavy atom. The summed E-state index contributed by atoms with van der Waals surface area (Å²) in [4.78, 5) is 29.4. The molecule has 0 atom stereocenters. The third-order valence-electron chi connectivity index (χ3n) is 6.82. The molecule has 2 aliphatic heterocycles. The molecule has 0 saturated carbocycles. The van der Waals surface area contributed by atoms with Gasteiger partial charge in [-0.15, -0.1) is 0 Å². The molecule has 2 fully saturated rings. The summed E-state index contributed by atoms with van der Waals surface area (Å²) in [5, 5.41) is 3.92. The number of ether oxygens (including phenoxy) is 1. The summed E-state index contributed by atoms with van der Waals surface area (Å²) < 4.78 is 71.1. The second kappa shape index (κ2) is 8.82. The van der Waals surface area contributed by atoms with Crippen molar-refractivity contribution in [2.75, 3.05) is 36.5 Å². The van der Waals surface area contributed by atoms with Crippen LogP contribution in [0.3, 0.4) is 0 Å². The van der Waals surface area contributed by atoms with Gasteiger partial charge in [-0.05, 0) is 31.4 Å². The van der Waals surface area contributed by atoms with Crippen LogP contribution >= 0.6 is 0 Å². The van der Waals surface area contributed by atoms with E-state index in [0.29, 0.717) is 50.2 Å². The highest BCUT2D eigenvalue weighted by atomic mass is 19.4. The van der Waals surface area contributed by atoms with E-state index in [1.807, 2.05) is 4.90 Å². The number of nitrogens with zero attached hydrogens (tertiary/aromatic N) is 7. The molecule has 1 amide bonds. The van der Waals surface area contributed by atoms with Gasteiger partial charge in [0.2, 0.25) is 11.8 Å². The largest absolute Gasteiger partial charge is 0.481 e. The quantitative estimate of drug-likeness (QED) is 0.484. The Kier molecular flexibility index (Phi) is 5.91.